The Kier molecular flexibility index (Phi) is 3.61. The summed E-state index contributed by atoms with van der Waals surface area (Å²) in [6.45, 7) is 0. The summed E-state index contributed by atoms with van der Waals surface area (Å²) in [6, 6.07) is 9.06. The Morgan fingerprint density at radius 3 is 2.52 bits per heavy atom. The van der Waals surface area contributed by atoms with Crippen molar-refractivity contribution in [1.29, 1.82) is 0 Å². The fourth-order valence-corrected chi connectivity index (χ4v) is 3.81. The molecule has 1 amide bonds. The van der Waals surface area contributed by atoms with Gasteiger partial charge in [0.25, 0.3) is 5.91 Å². The van der Waals surface area contributed by atoms with Gasteiger partial charge in [-0.15, -0.1) is 0 Å². The average Bonchev–Trinajstić information content (AvgIpc) is 3.23. The van der Waals surface area contributed by atoms with Gasteiger partial charge in [0.2, 0.25) is 0 Å². The summed E-state index contributed by atoms with van der Waals surface area (Å²) in [5, 5.41) is 7.72. The molecule has 2 unspecified atom stereocenters. The van der Waals surface area contributed by atoms with Crippen LogP contribution in [-0.2, 0) is 0 Å². The van der Waals surface area contributed by atoms with E-state index in [4.69, 9.17) is 0 Å². The third-order valence-electron chi connectivity index (χ3n) is 5.11. The maximum absolute atomic E-state index is 12.7. The lowest BCUT2D eigenvalue weighted by Crippen LogP contribution is -2.48. The van der Waals surface area contributed by atoms with Gasteiger partial charge in [0.1, 0.15) is 12.7 Å². The summed E-state index contributed by atoms with van der Waals surface area (Å²) in [6.07, 6.45) is 7.77. The Labute approximate surface area is 135 Å². The van der Waals surface area contributed by atoms with Gasteiger partial charge in [-0.2, -0.15) is 5.10 Å². The molecule has 23 heavy (non-hydrogen) atoms. The van der Waals surface area contributed by atoms with Crippen LogP contribution < -0.4 is 5.32 Å². The minimum Gasteiger partial charge on any atom is -0.339 e. The number of carbonyl (C=O) groups excluding carboxylic acids is 1. The van der Waals surface area contributed by atoms with Crippen molar-refractivity contribution < 1.29 is 4.79 Å². The molecule has 0 aliphatic carbocycles. The standard InChI is InChI=1S/C17H21N5O/c1-21(16-8-13-4-5-14(9-16)20-13)17(23)12-2-6-15(7-3-12)22-11-18-10-19-22/h2-3,6-7,10-11,13-14,16,20H,4-5,8-9H2,1H3. The molecule has 2 atom stereocenters. The van der Waals surface area contributed by atoms with Crippen molar-refractivity contribution in [3.05, 3.63) is 42.5 Å². The van der Waals surface area contributed by atoms with Crippen molar-refractivity contribution in [3.8, 4) is 5.69 Å². The van der Waals surface area contributed by atoms with Crippen LogP contribution in [0.3, 0.4) is 0 Å². The average molecular weight is 311 g/mol. The van der Waals surface area contributed by atoms with E-state index in [2.05, 4.69) is 15.4 Å². The van der Waals surface area contributed by atoms with Gasteiger partial charge >= 0.3 is 0 Å². The summed E-state index contributed by atoms with van der Waals surface area (Å²) in [5.74, 6) is 0.0986. The summed E-state index contributed by atoms with van der Waals surface area (Å²) >= 11 is 0. The first-order chi connectivity index (χ1) is 11.2. The zero-order valence-electron chi connectivity index (χ0n) is 13.2. The highest BCUT2D eigenvalue weighted by Crippen LogP contribution is 2.29. The van der Waals surface area contributed by atoms with E-state index in [1.807, 2.05) is 36.2 Å². The number of amides is 1. The maximum Gasteiger partial charge on any atom is 0.253 e. The van der Waals surface area contributed by atoms with E-state index in [9.17, 15) is 4.79 Å². The molecule has 2 saturated heterocycles. The topological polar surface area (TPSA) is 63.1 Å². The quantitative estimate of drug-likeness (QED) is 0.935. The molecule has 2 aliphatic rings. The van der Waals surface area contributed by atoms with Crippen molar-refractivity contribution >= 4 is 5.91 Å². The monoisotopic (exact) mass is 311 g/mol. The van der Waals surface area contributed by atoms with E-state index in [1.54, 1.807) is 11.0 Å². The van der Waals surface area contributed by atoms with Crippen LogP contribution in [0.25, 0.3) is 5.69 Å². The summed E-state index contributed by atoms with van der Waals surface area (Å²) in [5.41, 5.74) is 1.63. The summed E-state index contributed by atoms with van der Waals surface area (Å²) in [7, 11) is 1.93. The first-order valence-electron chi connectivity index (χ1n) is 8.19. The SMILES string of the molecule is CN(C(=O)c1ccc(-n2cncn2)cc1)C1CC2CCC(C1)N2. The van der Waals surface area contributed by atoms with Gasteiger partial charge < -0.3 is 10.2 Å². The fraction of sp³-hybridized carbons (Fsp3) is 0.471. The molecule has 0 spiro atoms. The normalized spacial score (nSPS) is 26.2. The van der Waals surface area contributed by atoms with Gasteiger partial charge in [-0.3, -0.25) is 4.79 Å². The first kappa shape index (κ1) is 14.4. The molecule has 3 heterocycles. The Hall–Kier alpha value is -2.21. The molecule has 4 rings (SSSR count). The first-order valence-corrected chi connectivity index (χ1v) is 8.19. The van der Waals surface area contributed by atoms with Crippen LogP contribution in [0.2, 0.25) is 0 Å². The molecule has 0 saturated carbocycles. The van der Waals surface area contributed by atoms with E-state index < -0.39 is 0 Å². The van der Waals surface area contributed by atoms with E-state index >= 15 is 0 Å². The third-order valence-corrected chi connectivity index (χ3v) is 5.11. The predicted octanol–water partition coefficient (Wildman–Crippen LogP) is 1.62. The number of hydrogen-bond donors (Lipinski definition) is 1. The van der Waals surface area contributed by atoms with E-state index in [0.717, 1.165) is 24.1 Å². The summed E-state index contributed by atoms with van der Waals surface area (Å²) < 4.78 is 1.68. The molecule has 1 aromatic carbocycles. The minimum absolute atomic E-state index is 0.0986. The Morgan fingerprint density at radius 1 is 1.22 bits per heavy atom. The molecular weight excluding hydrogens is 290 g/mol. The van der Waals surface area contributed by atoms with Crippen LogP contribution in [0, 0.1) is 0 Å². The van der Waals surface area contributed by atoms with Crippen molar-refractivity contribution in [2.45, 2.75) is 43.8 Å². The molecular formula is C17H21N5O. The number of hydrogen-bond acceptors (Lipinski definition) is 4. The van der Waals surface area contributed by atoms with Crippen molar-refractivity contribution in [2.24, 2.45) is 0 Å². The molecule has 2 fully saturated rings. The van der Waals surface area contributed by atoms with Gasteiger partial charge in [-0.25, -0.2) is 9.67 Å². The number of nitrogens with zero attached hydrogens (tertiary/aromatic N) is 4. The number of nitrogens with one attached hydrogen (secondary N) is 1. The lowest BCUT2D eigenvalue weighted by Gasteiger charge is -2.35. The summed E-state index contributed by atoms with van der Waals surface area (Å²) in [4.78, 5) is 18.6. The molecule has 2 bridgehead atoms. The Morgan fingerprint density at radius 2 is 1.91 bits per heavy atom. The van der Waals surface area contributed by atoms with Crippen molar-refractivity contribution in [2.75, 3.05) is 7.05 Å². The molecule has 1 N–H and O–H groups in total. The lowest BCUT2D eigenvalue weighted by atomic mass is 9.98. The van der Waals surface area contributed by atoms with Gasteiger partial charge in [0, 0.05) is 30.7 Å². The highest BCUT2D eigenvalue weighted by atomic mass is 16.2. The van der Waals surface area contributed by atoms with Crippen LogP contribution in [0.4, 0.5) is 0 Å². The Balaban J connectivity index is 1.48. The van der Waals surface area contributed by atoms with E-state index in [0.29, 0.717) is 18.1 Å². The number of rotatable bonds is 3. The van der Waals surface area contributed by atoms with Crippen molar-refractivity contribution in [3.63, 3.8) is 0 Å². The minimum atomic E-state index is 0.0986. The maximum atomic E-state index is 12.7. The zero-order valence-corrected chi connectivity index (χ0v) is 13.2. The van der Waals surface area contributed by atoms with Crippen LogP contribution in [-0.4, -0.2) is 50.7 Å². The molecule has 0 radical (unpaired) electrons. The van der Waals surface area contributed by atoms with Gasteiger partial charge in [-0.05, 0) is 49.9 Å². The second-order valence-electron chi connectivity index (χ2n) is 6.57. The molecule has 2 aliphatic heterocycles. The van der Waals surface area contributed by atoms with Crippen LogP contribution >= 0.6 is 0 Å². The largest absolute Gasteiger partial charge is 0.339 e. The van der Waals surface area contributed by atoms with Gasteiger partial charge in [0.05, 0.1) is 5.69 Å². The van der Waals surface area contributed by atoms with E-state index in [1.165, 1.54) is 19.2 Å². The van der Waals surface area contributed by atoms with Crippen molar-refractivity contribution in [1.82, 2.24) is 25.0 Å². The van der Waals surface area contributed by atoms with Gasteiger partial charge in [0.15, 0.2) is 0 Å². The van der Waals surface area contributed by atoms with Crippen LogP contribution in [0.5, 0.6) is 0 Å². The molecule has 120 valence electrons. The highest BCUT2D eigenvalue weighted by molar-refractivity contribution is 5.94. The van der Waals surface area contributed by atoms with Crippen LogP contribution in [0.15, 0.2) is 36.9 Å². The number of benzene rings is 1. The third kappa shape index (κ3) is 2.74. The number of aromatic nitrogens is 3. The lowest BCUT2D eigenvalue weighted by molar-refractivity contribution is 0.0681. The second-order valence-corrected chi connectivity index (χ2v) is 6.57. The second kappa shape index (κ2) is 5.77. The van der Waals surface area contributed by atoms with Gasteiger partial charge in [-0.1, -0.05) is 0 Å². The van der Waals surface area contributed by atoms with Crippen LogP contribution in [0.1, 0.15) is 36.0 Å². The fourth-order valence-electron chi connectivity index (χ4n) is 3.81. The predicted molar refractivity (Wildman–Crippen MR) is 86.4 cm³/mol. The smallest absolute Gasteiger partial charge is 0.253 e. The molecule has 6 heteroatoms. The van der Waals surface area contributed by atoms with E-state index in [-0.39, 0.29) is 5.91 Å². The molecule has 6 nitrogen and oxygen atoms in total. The number of fused-ring (bicyclic) bond motifs is 2. The number of piperidine rings is 1. The highest BCUT2D eigenvalue weighted by Gasteiger charge is 2.36. The molecule has 1 aromatic heterocycles. The zero-order chi connectivity index (χ0) is 15.8. The molecule has 2 aromatic rings. The Bertz CT molecular complexity index is 670. The number of carbonyl (C=O) groups is 1.